The van der Waals surface area contributed by atoms with Crippen LogP contribution in [0.3, 0.4) is 0 Å². The average Bonchev–Trinajstić information content (AvgIpc) is 2.57. The molecule has 1 heterocycles. The Hall–Kier alpha value is -1.56. The van der Waals surface area contributed by atoms with Crippen LogP contribution in [0.2, 0.25) is 0 Å². The lowest BCUT2D eigenvalue weighted by atomic mass is 10.1. The maximum atomic E-state index is 11.6. The van der Waals surface area contributed by atoms with E-state index in [0.29, 0.717) is 0 Å². The minimum atomic E-state index is -1.06. The van der Waals surface area contributed by atoms with Gasteiger partial charge in [-0.3, -0.25) is 4.79 Å². The fraction of sp³-hybridized carbons (Fsp3) is 0.500. The normalized spacial score (nSPS) is 13.8. The first-order chi connectivity index (χ1) is 8.31. The maximum Gasteiger partial charge on any atom is 0.325 e. The van der Waals surface area contributed by atoms with E-state index in [2.05, 4.69) is 10.6 Å². The molecular formula is C12H18N2O3S. The van der Waals surface area contributed by atoms with Gasteiger partial charge in [-0.05, 0) is 39.3 Å². The van der Waals surface area contributed by atoms with E-state index in [1.165, 1.54) is 11.8 Å². The third kappa shape index (κ3) is 3.73. The number of carbonyl (C=O) groups excluding carboxylic acids is 1. The monoisotopic (exact) mass is 270 g/mol. The van der Waals surface area contributed by atoms with Crippen LogP contribution in [0.1, 0.15) is 35.2 Å². The third-order valence-corrected chi connectivity index (χ3v) is 3.59. The molecule has 0 bridgehead atoms. The second-order valence-corrected chi connectivity index (χ2v) is 5.73. The van der Waals surface area contributed by atoms with Gasteiger partial charge in [-0.25, -0.2) is 4.79 Å². The van der Waals surface area contributed by atoms with Gasteiger partial charge >= 0.3 is 12.0 Å². The minimum Gasteiger partial charge on any atom is -0.480 e. The number of rotatable bonds is 4. The van der Waals surface area contributed by atoms with Gasteiger partial charge < -0.3 is 15.7 Å². The highest BCUT2D eigenvalue weighted by molar-refractivity contribution is 7.12. The molecule has 1 aromatic heterocycles. The van der Waals surface area contributed by atoms with E-state index in [-0.39, 0.29) is 6.04 Å². The fourth-order valence-corrected chi connectivity index (χ4v) is 2.68. The molecule has 1 unspecified atom stereocenters. The Morgan fingerprint density at radius 2 is 1.89 bits per heavy atom. The van der Waals surface area contributed by atoms with Gasteiger partial charge in [0.25, 0.3) is 0 Å². The Labute approximate surface area is 110 Å². The van der Waals surface area contributed by atoms with Crippen molar-refractivity contribution in [2.24, 2.45) is 0 Å². The molecule has 100 valence electrons. The number of amides is 2. The van der Waals surface area contributed by atoms with Crippen molar-refractivity contribution in [1.29, 1.82) is 0 Å². The molecule has 2 amide bonds. The van der Waals surface area contributed by atoms with E-state index < -0.39 is 18.0 Å². The summed E-state index contributed by atoms with van der Waals surface area (Å²) in [6.07, 6.45) is 0. The standard InChI is InChI=1S/C12H18N2O3S/c1-6-5-10(9(4)18-6)7(2)13-12(17)14-8(3)11(15)16/h5,7-8H,1-4H3,(H,15,16)(H2,13,14,17)/t7?,8-/m0/s1. The van der Waals surface area contributed by atoms with Crippen molar-refractivity contribution in [3.05, 3.63) is 21.4 Å². The number of thiophene rings is 1. The van der Waals surface area contributed by atoms with Gasteiger partial charge in [0.1, 0.15) is 6.04 Å². The number of aryl methyl sites for hydroxylation is 2. The van der Waals surface area contributed by atoms with Gasteiger partial charge in [-0.1, -0.05) is 0 Å². The largest absolute Gasteiger partial charge is 0.480 e. The molecule has 2 atom stereocenters. The molecule has 1 rings (SSSR count). The van der Waals surface area contributed by atoms with Gasteiger partial charge in [-0.15, -0.1) is 11.3 Å². The molecular weight excluding hydrogens is 252 g/mol. The van der Waals surface area contributed by atoms with Crippen LogP contribution in [0.15, 0.2) is 6.07 Å². The quantitative estimate of drug-likeness (QED) is 0.784. The Balaban J connectivity index is 2.60. The molecule has 5 nitrogen and oxygen atoms in total. The van der Waals surface area contributed by atoms with Crippen LogP contribution < -0.4 is 10.6 Å². The average molecular weight is 270 g/mol. The summed E-state index contributed by atoms with van der Waals surface area (Å²) in [5, 5.41) is 13.8. The second kappa shape index (κ2) is 5.86. The summed E-state index contributed by atoms with van der Waals surface area (Å²) >= 11 is 1.68. The Kier molecular flexibility index (Phi) is 4.72. The van der Waals surface area contributed by atoms with E-state index >= 15 is 0 Å². The molecule has 1 aromatic rings. The summed E-state index contributed by atoms with van der Waals surface area (Å²) in [6.45, 7) is 7.31. The zero-order valence-corrected chi connectivity index (χ0v) is 11.7. The minimum absolute atomic E-state index is 0.143. The third-order valence-electron chi connectivity index (χ3n) is 2.61. The summed E-state index contributed by atoms with van der Waals surface area (Å²) < 4.78 is 0. The molecule has 0 radical (unpaired) electrons. The molecule has 0 spiro atoms. The first kappa shape index (κ1) is 14.5. The lowest BCUT2D eigenvalue weighted by molar-refractivity contribution is -0.138. The van der Waals surface area contributed by atoms with Crippen molar-refractivity contribution in [3.8, 4) is 0 Å². The second-order valence-electron chi connectivity index (χ2n) is 4.27. The van der Waals surface area contributed by atoms with Gasteiger partial charge in [-0.2, -0.15) is 0 Å². The molecule has 0 saturated carbocycles. The number of carboxylic acids is 1. The van der Waals surface area contributed by atoms with Gasteiger partial charge in [0, 0.05) is 9.75 Å². The molecule has 3 N–H and O–H groups in total. The highest BCUT2D eigenvalue weighted by atomic mass is 32.1. The van der Waals surface area contributed by atoms with Crippen LogP contribution in [0.4, 0.5) is 4.79 Å². The number of aliphatic carboxylic acids is 1. The maximum absolute atomic E-state index is 11.6. The summed E-state index contributed by atoms with van der Waals surface area (Å²) in [5.41, 5.74) is 1.07. The number of urea groups is 1. The van der Waals surface area contributed by atoms with Crippen LogP contribution in [-0.2, 0) is 4.79 Å². The first-order valence-corrected chi connectivity index (χ1v) is 6.49. The van der Waals surface area contributed by atoms with Gasteiger partial charge in [0.15, 0.2) is 0 Å². The van der Waals surface area contributed by atoms with Crippen LogP contribution in [-0.4, -0.2) is 23.1 Å². The predicted molar refractivity (Wildman–Crippen MR) is 71.0 cm³/mol. The highest BCUT2D eigenvalue weighted by Gasteiger charge is 2.17. The fourth-order valence-electron chi connectivity index (χ4n) is 1.65. The Morgan fingerprint density at radius 3 is 2.33 bits per heavy atom. The summed E-state index contributed by atoms with van der Waals surface area (Å²) in [5.74, 6) is -1.06. The number of nitrogens with one attached hydrogen (secondary N) is 2. The first-order valence-electron chi connectivity index (χ1n) is 5.68. The number of carboxylic acid groups (broad SMARTS) is 1. The van der Waals surface area contributed by atoms with Crippen molar-refractivity contribution < 1.29 is 14.7 Å². The lowest BCUT2D eigenvalue weighted by Gasteiger charge is -2.16. The molecule has 6 heteroatoms. The van der Waals surface area contributed by atoms with E-state index in [9.17, 15) is 9.59 Å². The van der Waals surface area contributed by atoms with Crippen molar-refractivity contribution in [2.75, 3.05) is 0 Å². The molecule has 0 aliphatic carbocycles. The van der Waals surface area contributed by atoms with Gasteiger partial charge in [0.05, 0.1) is 6.04 Å². The Morgan fingerprint density at radius 1 is 1.28 bits per heavy atom. The molecule has 0 aliphatic heterocycles. The van der Waals surface area contributed by atoms with Gasteiger partial charge in [0.2, 0.25) is 0 Å². The molecule has 0 saturated heterocycles. The van der Waals surface area contributed by atoms with Crippen LogP contribution in [0.25, 0.3) is 0 Å². The lowest BCUT2D eigenvalue weighted by Crippen LogP contribution is -2.45. The van der Waals surface area contributed by atoms with E-state index in [1.807, 2.05) is 26.8 Å². The van der Waals surface area contributed by atoms with Crippen molar-refractivity contribution >= 4 is 23.3 Å². The zero-order chi connectivity index (χ0) is 13.9. The number of hydrogen-bond acceptors (Lipinski definition) is 3. The smallest absolute Gasteiger partial charge is 0.325 e. The van der Waals surface area contributed by atoms with Crippen molar-refractivity contribution in [2.45, 2.75) is 39.8 Å². The predicted octanol–water partition coefficient (Wildman–Crippen LogP) is 2.20. The molecule has 0 aromatic carbocycles. The highest BCUT2D eigenvalue weighted by Crippen LogP contribution is 2.25. The van der Waals surface area contributed by atoms with Crippen LogP contribution in [0, 0.1) is 13.8 Å². The van der Waals surface area contributed by atoms with Crippen molar-refractivity contribution in [3.63, 3.8) is 0 Å². The van der Waals surface area contributed by atoms with Crippen LogP contribution >= 0.6 is 11.3 Å². The number of hydrogen-bond donors (Lipinski definition) is 3. The molecule has 0 aliphatic rings. The van der Waals surface area contributed by atoms with Crippen molar-refractivity contribution in [1.82, 2.24) is 10.6 Å². The topological polar surface area (TPSA) is 78.4 Å². The van der Waals surface area contributed by atoms with E-state index in [4.69, 9.17) is 5.11 Å². The number of carbonyl (C=O) groups is 2. The molecule has 18 heavy (non-hydrogen) atoms. The van der Waals surface area contributed by atoms with Crippen LogP contribution in [0.5, 0.6) is 0 Å². The van der Waals surface area contributed by atoms with E-state index in [1.54, 1.807) is 11.3 Å². The Bertz CT molecular complexity index is 456. The van der Waals surface area contributed by atoms with E-state index in [0.717, 1.165) is 10.4 Å². The summed E-state index contributed by atoms with van der Waals surface area (Å²) in [4.78, 5) is 24.5. The summed E-state index contributed by atoms with van der Waals surface area (Å²) in [7, 11) is 0. The SMILES string of the molecule is Cc1cc(C(C)NC(=O)N[C@@H](C)C(=O)O)c(C)s1. The zero-order valence-electron chi connectivity index (χ0n) is 10.9. The molecule has 0 fully saturated rings. The summed E-state index contributed by atoms with van der Waals surface area (Å²) in [6, 6.07) is 0.519.